The van der Waals surface area contributed by atoms with E-state index in [1.54, 1.807) is 12.3 Å². The monoisotopic (exact) mass is 213 g/mol. The highest BCUT2D eigenvalue weighted by Gasteiger charge is 2.14. The molecule has 0 saturated heterocycles. The minimum Gasteiger partial charge on any atom is -0.461 e. The lowest BCUT2D eigenvalue weighted by Gasteiger charge is -1.98. The largest absolute Gasteiger partial charge is 0.461 e. The van der Waals surface area contributed by atoms with Crippen molar-refractivity contribution in [2.45, 2.75) is 13.0 Å². The van der Waals surface area contributed by atoms with Gasteiger partial charge in [0.05, 0.1) is 6.61 Å². The molecule has 1 aromatic heterocycles. The van der Waals surface area contributed by atoms with Crippen LogP contribution in [-0.4, -0.2) is 22.7 Å². The lowest BCUT2D eigenvalue weighted by atomic mass is 10.4. The zero-order valence-corrected chi connectivity index (χ0v) is 8.58. The quantitative estimate of drug-likeness (QED) is 0.608. The van der Waals surface area contributed by atoms with Gasteiger partial charge in [-0.05, 0) is 6.92 Å². The van der Waals surface area contributed by atoms with E-state index in [-0.39, 0.29) is 5.69 Å². The third-order valence-corrected chi connectivity index (χ3v) is 2.40. The van der Waals surface area contributed by atoms with E-state index in [1.165, 1.54) is 17.4 Å². The standard InChI is InChI=1S/C9H11NO3S/c1-3-7(11)8-10-6(5-14-8)9(12)13-4-2/h3,5,7,11H,1,4H2,2H3/t7-/m0/s1. The smallest absolute Gasteiger partial charge is 0.357 e. The van der Waals surface area contributed by atoms with Crippen LogP contribution >= 0.6 is 11.3 Å². The lowest BCUT2D eigenvalue weighted by Crippen LogP contribution is -2.05. The van der Waals surface area contributed by atoms with E-state index in [1.807, 2.05) is 0 Å². The molecule has 5 heteroatoms. The van der Waals surface area contributed by atoms with Crippen LogP contribution in [0.2, 0.25) is 0 Å². The number of nitrogens with zero attached hydrogens (tertiary/aromatic N) is 1. The van der Waals surface area contributed by atoms with Gasteiger partial charge in [-0.15, -0.1) is 17.9 Å². The Bertz CT molecular complexity index is 335. The SMILES string of the molecule is C=C[C@H](O)c1nc(C(=O)OCC)cs1. The molecule has 0 bridgehead atoms. The molecule has 1 aromatic rings. The molecule has 0 amide bonds. The molecule has 0 unspecified atom stereocenters. The second kappa shape index (κ2) is 4.88. The second-order valence-electron chi connectivity index (χ2n) is 2.47. The maximum absolute atomic E-state index is 11.2. The van der Waals surface area contributed by atoms with Gasteiger partial charge in [0, 0.05) is 5.38 Å². The molecular formula is C9H11NO3S. The number of ether oxygens (including phenoxy) is 1. The Balaban J connectivity index is 2.77. The number of hydrogen-bond acceptors (Lipinski definition) is 5. The van der Waals surface area contributed by atoms with Crippen molar-refractivity contribution in [3.05, 3.63) is 28.7 Å². The van der Waals surface area contributed by atoms with Gasteiger partial charge in [-0.1, -0.05) is 6.08 Å². The van der Waals surface area contributed by atoms with E-state index >= 15 is 0 Å². The zero-order chi connectivity index (χ0) is 10.6. The average Bonchev–Trinajstić information content (AvgIpc) is 2.66. The van der Waals surface area contributed by atoms with Crippen LogP contribution in [0.1, 0.15) is 28.5 Å². The van der Waals surface area contributed by atoms with Crippen LogP contribution in [-0.2, 0) is 4.74 Å². The first-order valence-electron chi connectivity index (χ1n) is 4.12. The Kier molecular flexibility index (Phi) is 3.79. The summed E-state index contributed by atoms with van der Waals surface area (Å²) in [7, 11) is 0. The zero-order valence-electron chi connectivity index (χ0n) is 7.77. The molecule has 0 aliphatic carbocycles. The van der Waals surface area contributed by atoms with E-state index in [2.05, 4.69) is 11.6 Å². The van der Waals surface area contributed by atoms with Crippen LogP contribution < -0.4 is 0 Å². The summed E-state index contributed by atoms with van der Waals surface area (Å²) in [5, 5.41) is 11.3. The molecule has 1 rings (SSSR count). The van der Waals surface area contributed by atoms with Crippen LogP contribution in [0.4, 0.5) is 0 Å². The summed E-state index contributed by atoms with van der Waals surface area (Å²) in [6.45, 7) is 5.47. The predicted octanol–water partition coefficient (Wildman–Crippen LogP) is 1.54. The number of aromatic nitrogens is 1. The Morgan fingerprint density at radius 2 is 2.64 bits per heavy atom. The molecule has 0 fully saturated rings. The van der Waals surface area contributed by atoms with Gasteiger partial charge < -0.3 is 9.84 Å². The van der Waals surface area contributed by atoms with Crippen molar-refractivity contribution < 1.29 is 14.6 Å². The van der Waals surface area contributed by atoms with Gasteiger partial charge in [0.15, 0.2) is 5.69 Å². The number of carbonyl (C=O) groups is 1. The number of esters is 1. The molecule has 0 spiro atoms. The summed E-state index contributed by atoms with van der Waals surface area (Å²) in [6, 6.07) is 0. The number of rotatable bonds is 4. The van der Waals surface area contributed by atoms with E-state index in [9.17, 15) is 9.90 Å². The van der Waals surface area contributed by atoms with Crippen molar-refractivity contribution >= 4 is 17.3 Å². The predicted molar refractivity (Wildman–Crippen MR) is 53.2 cm³/mol. The van der Waals surface area contributed by atoms with Crippen molar-refractivity contribution in [1.29, 1.82) is 0 Å². The highest BCUT2D eigenvalue weighted by molar-refractivity contribution is 7.09. The first-order chi connectivity index (χ1) is 6.69. The number of aliphatic hydroxyl groups excluding tert-OH is 1. The van der Waals surface area contributed by atoms with Gasteiger partial charge in [-0.25, -0.2) is 9.78 Å². The molecule has 0 aromatic carbocycles. The van der Waals surface area contributed by atoms with Gasteiger partial charge in [-0.2, -0.15) is 0 Å². The molecular weight excluding hydrogens is 202 g/mol. The van der Waals surface area contributed by atoms with E-state index in [4.69, 9.17) is 4.74 Å². The molecule has 0 saturated carbocycles. The topological polar surface area (TPSA) is 59.4 Å². The third kappa shape index (κ3) is 2.40. The highest BCUT2D eigenvalue weighted by atomic mass is 32.1. The van der Waals surface area contributed by atoms with Gasteiger partial charge in [0.2, 0.25) is 0 Å². The summed E-state index contributed by atoms with van der Waals surface area (Å²) in [6.07, 6.45) is 0.538. The van der Waals surface area contributed by atoms with Crippen LogP contribution in [0.3, 0.4) is 0 Å². The molecule has 1 heterocycles. The first kappa shape index (κ1) is 10.9. The van der Waals surface area contributed by atoms with Gasteiger partial charge in [0.1, 0.15) is 11.1 Å². The van der Waals surface area contributed by atoms with E-state index < -0.39 is 12.1 Å². The number of thiazole rings is 1. The lowest BCUT2D eigenvalue weighted by molar-refractivity contribution is 0.0520. The first-order valence-corrected chi connectivity index (χ1v) is 5.00. The highest BCUT2D eigenvalue weighted by Crippen LogP contribution is 2.19. The Morgan fingerprint density at radius 1 is 1.93 bits per heavy atom. The average molecular weight is 213 g/mol. The molecule has 0 aliphatic rings. The van der Waals surface area contributed by atoms with Crippen molar-refractivity contribution in [3.63, 3.8) is 0 Å². The minimum absolute atomic E-state index is 0.229. The Labute approximate surface area is 85.9 Å². The minimum atomic E-state index is -0.817. The van der Waals surface area contributed by atoms with Crippen LogP contribution in [0.15, 0.2) is 18.0 Å². The fourth-order valence-corrected chi connectivity index (χ4v) is 1.59. The third-order valence-electron chi connectivity index (χ3n) is 1.48. The second-order valence-corrected chi connectivity index (χ2v) is 3.36. The van der Waals surface area contributed by atoms with Crippen molar-refractivity contribution in [3.8, 4) is 0 Å². The normalized spacial score (nSPS) is 12.1. The molecule has 0 radical (unpaired) electrons. The van der Waals surface area contributed by atoms with Crippen LogP contribution in [0.25, 0.3) is 0 Å². The molecule has 4 nitrogen and oxygen atoms in total. The van der Waals surface area contributed by atoms with Crippen molar-refractivity contribution in [2.24, 2.45) is 0 Å². The molecule has 1 atom stereocenters. The van der Waals surface area contributed by atoms with E-state index in [0.717, 1.165) is 0 Å². The van der Waals surface area contributed by atoms with Gasteiger partial charge in [-0.3, -0.25) is 0 Å². The summed E-state index contributed by atoms with van der Waals surface area (Å²) in [4.78, 5) is 15.1. The van der Waals surface area contributed by atoms with E-state index in [0.29, 0.717) is 11.6 Å². The number of hydrogen-bond donors (Lipinski definition) is 1. The summed E-state index contributed by atoms with van der Waals surface area (Å²) >= 11 is 1.20. The molecule has 76 valence electrons. The Morgan fingerprint density at radius 3 is 3.21 bits per heavy atom. The van der Waals surface area contributed by atoms with Crippen LogP contribution in [0.5, 0.6) is 0 Å². The summed E-state index contributed by atoms with van der Waals surface area (Å²) < 4.78 is 4.75. The Hall–Kier alpha value is -1.20. The fourth-order valence-electron chi connectivity index (χ4n) is 0.823. The molecule has 1 N–H and O–H groups in total. The summed E-state index contributed by atoms with van der Waals surface area (Å²) in [5.41, 5.74) is 0.229. The molecule has 14 heavy (non-hydrogen) atoms. The maximum Gasteiger partial charge on any atom is 0.357 e. The number of carbonyl (C=O) groups excluding carboxylic acids is 1. The van der Waals surface area contributed by atoms with Gasteiger partial charge >= 0.3 is 5.97 Å². The fraction of sp³-hybridized carbons (Fsp3) is 0.333. The van der Waals surface area contributed by atoms with Gasteiger partial charge in [0.25, 0.3) is 0 Å². The molecule has 0 aliphatic heterocycles. The van der Waals surface area contributed by atoms with Crippen molar-refractivity contribution in [1.82, 2.24) is 4.98 Å². The van der Waals surface area contributed by atoms with Crippen molar-refractivity contribution in [2.75, 3.05) is 6.61 Å². The number of aliphatic hydroxyl groups is 1. The maximum atomic E-state index is 11.2. The summed E-state index contributed by atoms with van der Waals surface area (Å²) in [5.74, 6) is -0.466. The van der Waals surface area contributed by atoms with Crippen LogP contribution in [0, 0.1) is 0 Å².